The summed E-state index contributed by atoms with van der Waals surface area (Å²) >= 11 is 0. The van der Waals surface area contributed by atoms with Crippen LogP contribution in [-0.2, 0) is 4.79 Å². The van der Waals surface area contributed by atoms with E-state index in [2.05, 4.69) is 5.32 Å². The Bertz CT molecular complexity index is 348. The molecule has 1 aliphatic carbocycles. The van der Waals surface area contributed by atoms with Crippen LogP contribution in [0.4, 0.5) is 4.79 Å². The van der Waals surface area contributed by atoms with Crippen LogP contribution in [0.1, 0.15) is 39.5 Å². The van der Waals surface area contributed by atoms with Crippen LogP contribution in [0.15, 0.2) is 0 Å². The fraction of sp³-hybridized carbons (Fsp3) is 0.846. The Morgan fingerprint density at radius 2 is 2.06 bits per heavy atom. The summed E-state index contributed by atoms with van der Waals surface area (Å²) in [5, 5.41) is 12.1. The number of urea groups is 1. The molecule has 2 amide bonds. The van der Waals surface area contributed by atoms with Gasteiger partial charge in [0.05, 0.1) is 11.5 Å². The molecule has 0 bridgehead atoms. The summed E-state index contributed by atoms with van der Waals surface area (Å²) in [6.07, 6.45) is 4.86. The van der Waals surface area contributed by atoms with Crippen LogP contribution >= 0.6 is 0 Å². The Labute approximate surface area is 108 Å². The van der Waals surface area contributed by atoms with Gasteiger partial charge >= 0.3 is 12.0 Å². The number of nitrogens with one attached hydrogen (secondary N) is 1. The summed E-state index contributed by atoms with van der Waals surface area (Å²) in [6.45, 7) is 4.24. The van der Waals surface area contributed by atoms with E-state index >= 15 is 0 Å². The predicted octanol–water partition coefficient (Wildman–Crippen LogP) is 1.68. The van der Waals surface area contributed by atoms with Crippen LogP contribution in [-0.4, -0.2) is 41.1 Å². The number of amides is 2. The Balaban J connectivity index is 1.95. The average molecular weight is 254 g/mol. The van der Waals surface area contributed by atoms with Crippen molar-refractivity contribution in [1.82, 2.24) is 10.2 Å². The summed E-state index contributed by atoms with van der Waals surface area (Å²) in [5.74, 6) is -0.286. The molecule has 1 heterocycles. The van der Waals surface area contributed by atoms with Crippen molar-refractivity contribution in [2.24, 2.45) is 11.3 Å². The van der Waals surface area contributed by atoms with E-state index in [1.54, 1.807) is 18.7 Å². The molecule has 1 saturated carbocycles. The van der Waals surface area contributed by atoms with Crippen LogP contribution in [0.25, 0.3) is 0 Å². The quantitative estimate of drug-likeness (QED) is 0.802. The van der Waals surface area contributed by atoms with Gasteiger partial charge in [0.15, 0.2) is 0 Å². The third kappa shape index (κ3) is 2.60. The summed E-state index contributed by atoms with van der Waals surface area (Å²) in [4.78, 5) is 24.6. The summed E-state index contributed by atoms with van der Waals surface area (Å²) < 4.78 is 0. The largest absolute Gasteiger partial charge is 0.481 e. The number of carbonyl (C=O) groups is 2. The number of carbonyl (C=O) groups excluding carboxylic acids is 1. The van der Waals surface area contributed by atoms with E-state index in [-0.39, 0.29) is 18.6 Å². The molecule has 0 radical (unpaired) electrons. The molecule has 2 N–H and O–H groups in total. The molecule has 102 valence electrons. The predicted molar refractivity (Wildman–Crippen MR) is 67.3 cm³/mol. The molecule has 0 spiro atoms. The van der Waals surface area contributed by atoms with Crippen LogP contribution in [0.2, 0.25) is 0 Å². The van der Waals surface area contributed by atoms with Crippen LogP contribution in [0.5, 0.6) is 0 Å². The van der Waals surface area contributed by atoms with Crippen molar-refractivity contribution < 1.29 is 14.7 Å². The minimum atomic E-state index is -0.887. The van der Waals surface area contributed by atoms with Crippen LogP contribution in [0.3, 0.4) is 0 Å². The Morgan fingerprint density at radius 3 is 2.61 bits per heavy atom. The first-order valence-corrected chi connectivity index (χ1v) is 6.69. The lowest BCUT2D eigenvalue weighted by atomic mass is 9.93. The molecular formula is C13H22N2O3. The monoisotopic (exact) mass is 254 g/mol. The van der Waals surface area contributed by atoms with Crippen molar-refractivity contribution in [1.29, 1.82) is 0 Å². The number of carboxylic acid groups (broad SMARTS) is 1. The third-order valence-electron chi connectivity index (χ3n) is 4.15. The highest BCUT2D eigenvalue weighted by molar-refractivity contribution is 5.79. The fourth-order valence-electron chi connectivity index (χ4n) is 2.92. The van der Waals surface area contributed by atoms with Gasteiger partial charge in [-0.2, -0.15) is 0 Å². The molecule has 1 saturated heterocycles. The number of hydrogen-bond acceptors (Lipinski definition) is 2. The summed E-state index contributed by atoms with van der Waals surface area (Å²) in [7, 11) is 0. The molecule has 1 atom stereocenters. The highest BCUT2D eigenvalue weighted by Crippen LogP contribution is 2.30. The fourth-order valence-corrected chi connectivity index (χ4v) is 2.92. The standard InChI is InChI=1S/C13H22N2O3/c1-13(2,11(16)17)8-15-7-10(14-12(15)18)9-5-3-4-6-9/h9-10H,3-8H2,1-2H3,(H,14,18)(H,16,17). The topological polar surface area (TPSA) is 69.6 Å². The molecule has 18 heavy (non-hydrogen) atoms. The first-order chi connectivity index (χ1) is 8.40. The van der Waals surface area contributed by atoms with E-state index in [0.29, 0.717) is 12.5 Å². The molecule has 2 aliphatic rings. The van der Waals surface area contributed by atoms with Gasteiger partial charge in [0.1, 0.15) is 0 Å². The Morgan fingerprint density at radius 1 is 1.44 bits per heavy atom. The van der Waals surface area contributed by atoms with E-state index in [0.717, 1.165) is 0 Å². The first-order valence-electron chi connectivity index (χ1n) is 6.69. The molecule has 2 fully saturated rings. The number of aliphatic carboxylic acids is 1. The van der Waals surface area contributed by atoms with E-state index in [1.807, 2.05) is 0 Å². The summed E-state index contributed by atoms with van der Waals surface area (Å²) in [5.41, 5.74) is -0.887. The second kappa shape index (κ2) is 4.78. The van der Waals surface area contributed by atoms with E-state index < -0.39 is 11.4 Å². The van der Waals surface area contributed by atoms with Crippen molar-refractivity contribution in [3.63, 3.8) is 0 Å². The maximum Gasteiger partial charge on any atom is 0.317 e. The number of rotatable bonds is 4. The maximum atomic E-state index is 11.9. The average Bonchev–Trinajstić information content (AvgIpc) is 2.88. The molecule has 2 rings (SSSR count). The Kier molecular flexibility index (Phi) is 3.50. The van der Waals surface area contributed by atoms with Gasteiger partial charge in [0, 0.05) is 13.1 Å². The lowest BCUT2D eigenvalue weighted by molar-refractivity contribution is -0.147. The van der Waals surface area contributed by atoms with Gasteiger partial charge in [0.2, 0.25) is 0 Å². The summed E-state index contributed by atoms with van der Waals surface area (Å²) in [6, 6.07) is 0.103. The minimum Gasteiger partial charge on any atom is -0.481 e. The highest BCUT2D eigenvalue weighted by atomic mass is 16.4. The second-order valence-corrected chi connectivity index (χ2v) is 6.17. The lowest BCUT2D eigenvalue weighted by Gasteiger charge is -2.25. The molecule has 5 nitrogen and oxygen atoms in total. The molecular weight excluding hydrogens is 232 g/mol. The highest BCUT2D eigenvalue weighted by Gasteiger charge is 2.39. The van der Waals surface area contributed by atoms with Gasteiger partial charge in [-0.3, -0.25) is 4.79 Å². The molecule has 0 aromatic rings. The Hall–Kier alpha value is -1.26. The third-order valence-corrected chi connectivity index (χ3v) is 4.15. The van der Waals surface area contributed by atoms with Crippen molar-refractivity contribution in [3.05, 3.63) is 0 Å². The van der Waals surface area contributed by atoms with Gasteiger partial charge in [-0.25, -0.2) is 4.79 Å². The molecule has 0 aromatic carbocycles. The molecule has 5 heteroatoms. The molecule has 1 aliphatic heterocycles. The zero-order valence-electron chi connectivity index (χ0n) is 11.1. The number of carboxylic acids is 1. The van der Waals surface area contributed by atoms with Gasteiger partial charge in [0.25, 0.3) is 0 Å². The van der Waals surface area contributed by atoms with Gasteiger partial charge in [-0.05, 0) is 32.6 Å². The van der Waals surface area contributed by atoms with Crippen molar-refractivity contribution in [3.8, 4) is 0 Å². The smallest absolute Gasteiger partial charge is 0.317 e. The van der Waals surface area contributed by atoms with Gasteiger partial charge in [-0.1, -0.05) is 12.8 Å². The van der Waals surface area contributed by atoms with Crippen molar-refractivity contribution in [2.45, 2.75) is 45.6 Å². The minimum absolute atomic E-state index is 0.110. The SMILES string of the molecule is CC(C)(CN1CC(C2CCCC2)NC1=O)C(=O)O. The zero-order chi connectivity index (χ0) is 13.3. The van der Waals surface area contributed by atoms with E-state index in [9.17, 15) is 9.59 Å². The molecule has 1 unspecified atom stereocenters. The van der Waals surface area contributed by atoms with Gasteiger partial charge in [-0.15, -0.1) is 0 Å². The van der Waals surface area contributed by atoms with Gasteiger partial charge < -0.3 is 15.3 Å². The number of hydrogen-bond donors (Lipinski definition) is 2. The van der Waals surface area contributed by atoms with E-state index in [1.165, 1.54) is 25.7 Å². The lowest BCUT2D eigenvalue weighted by Crippen LogP contribution is -2.40. The normalized spacial score (nSPS) is 25.6. The van der Waals surface area contributed by atoms with E-state index in [4.69, 9.17) is 5.11 Å². The second-order valence-electron chi connectivity index (χ2n) is 6.17. The molecule has 0 aromatic heterocycles. The van der Waals surface area contributed by atoms with Crippen molar-refractivity contribution >= 4 is 12.0 Å². The van der Waals surface area contributed by atoms with Crippen molar-refractivity contribution in [2.75, 3.05) is 13.1 Å². The van der Waals surface area contributed by atoms with Crippen LogP contribution < -0.4 is 5.32 Å². The maximum absolute atomic E-state index is 11.9. The number of nitrogens with zero attached hydrogens (tertiary/aromatic N) is 1. The zero-order valence-corrected chi connectivity index (χ0v) is 11.1. The van der Waals surface area contributed by atoms with Crippen LogP contribution in [0, 0.1) is 11.3 Å². The first kappa shape index (κ1) is 13.2.